The number of nitrogens with zero attached hydrogens (tertiary/aromatic N) is 3. The van der Waals surface area contributed by atoms with E-state index in [4.69, 9.17) is 0 Å². The first-order valence-corrected chi connectivity index (χ1v) is 8.99. The average molecular weight is 400 g/mol. The molecule has 0 saturated carbocycles. The van der Waals surface area contributed by atoms with Crippen LogP contribution in [0.2, 0.25) is 0 Å². The first-order valence-electron chi connectivity index (χ1n) is 8.99. The number of rotatable bonds is 4. The second-order valence-corrected chi connectivity index (χ2v) is 6.25. The summed E-state index contributed by atoms with van der Waals surface area (Å²) < 4.78 is 1.60. The van der Waals surface area contributed by atoms with E-state index < -0.39 is 17.4 Å². The van der Waals surface area contributed by atoms with Gasteiger partial charge in [-0.15, -0.1) is 0 Å². The first kappa shape index (κ1) is 18.8. The van der Waals surface area contributed by atoms with Gasteiger partial charge in [0.15, 0.2) is 5.69 Å². The molecule has 0 spiro atoms. The fourth-order valence-electron chi connectivity index (χ4n) is 2.78. The molecule has 2 aromatic heterocycles. The quantitative estimate of drug-likeness (QED) is 0.450. The molecule has 0 radical (unpaired) electrons. The normalized spacial score (nSPS) is 10.4. The molecule has 9 heteroatoms. The zero-order chi connectivity index (χ0) is 20.9. The van der Waals surface area contributed by atoms with Crippen LogP contribution < -0.4 is 16.4 Å². The van der Waals surface area contributed by atoms with Gasteiger partial charge >= 0.3 is 0 Å². The molecule has 0 aliphatic heterocycles. The molecule has 2 aromatic carbocycles. The lowest BCUT2D eigenvalue weighted by Crippen LogP contribution is -2.42. The van der Waals surface area contributed by atoms with Crippen molar-refractivity contribution >= 4 is 11.8 Å². The molecule has 9 nitrogen and oxygen atoms in total. The van der Waals surface area contributed by atoms with Gasteiger partial charge in [-0.25, -0.2) is 9.78 Å². The van der Waals surface area contributed by atoms with Gasteiger partial charge in [0.05, 0.1) is 11.3 Å². The van der Waals surface area contributed by atoms with Crippen molar-refractivity contribution in [1.29, 1.82) is 0 Å². The number of hydrogen-bond acceptors (Lipinski definition) is 5. The Kier molecular flexibility index (Phi) is 5.16. The summed E-state index contributed by atoms with van der Waals surface area (Å²) in [5.74, 6) is -1.22. The van der Waals surface area contributed by atoms with E-state index in [1.165, 1.54) is 12.1 Å². The molecule has 30 heavy (non-hydrogen) atoms. The van der Waals surface area contributed by atoms with Gasteiger partial charge in [-0.1, -0.05) is 48.5 Å². The number of hydrogen-bond donors (Lipinski definition) is 3. The highest BCUT2D eigenvalue weighted by Gasteiger charge is 2.19. The van der Waals surface area contributed by atoms with Gasteiger partial charge in [0.2, 0.25) is 0 Å². The van der Waals surface area contributed by atoms with E-state index >= 15 is 0 Å². The Morgan fingerprint density at radius 3 is 2.17 bits per heavy atom. The summed E-state index contributed by atoms with van der Waals surface area (Å²) in [4.78, 5) is 36.0. The summed E-state index contributed by atoms with van der Waals surface area (Å²) in [6, 6.07) is 21.0. The van der Waals surface area contributed by atoms with Crippen molar-refractivity contribution in [2.24, 2.45) is 0 Å². The van der Waals surface area contributed by atoms with Crippen LogP contribution in [0.3, 0.4) is 0 Å². The SMILES string of the molecule is O=C(NNC(=O)c1cn(-c2ccccc2)nc1-c1ccccc1)c1ccc(=O)[nH]n1. The van der Waals surface area contributed by atoms with Crippen LogP contribution in [0.5, 0.6) is 0 Å². The number of nitrogens with one attached hydrogen (secondary N) is 3. The Bertz CT molecular complexity index is 1230. The monoisotopic (exact) mass is 400 g/mol. The van der Waals surface area contributed by atoms with Gasteiger partial charge in [0, 0.05) is 17.8 Å². The highest BCUT2D eigenvalue weighted by molar-refractivity contribution is 6.01. The summed E-state index contributed by atoms with van der Waals surface area (Å²) >= 11 is 0. The summed E-state index contributed by atoms with van der Waals surface area (Å²) in [7, 11) is 0. The number of carbonyl (C=O) groups excluding carboxylic acids is 2. The van der Waals surface area contributed by atoms with Crippen LogP contribution in [0.25, 0.3) is 16.9 Å². The van der Waals surface area contributed by atoms with Crippen molar-refractivity contribution < 1.29 is 9.59 Å². The van der Waals surface area contributed by atoms with Crippen molar-refractivity contribution in [2.75, 3.05) is 0 Å². The molecular formula is C21H16N6O3. The summed E-state index contributed by atoms with van der Waals surface area (Å²) in [6.45, 7) is 0. The number of aromatic amines is 1. The van der Waals surface area contributed by atoms with Crippen molar-refractivity contribution in [2.45, 2.75) is 0 Å². The average Bonchev–Trinajstić information content (AvgIpc) is 3.25. The third-order valence-electron chi connectivity index (χ3n) is 4.23. The number of benzene rings is 2. The van der Waals surface area contributed by atoms with Crippen LogP contribution in [-0.4, -0.2) is 31.8 Å². The zero-order valence-corrected chi connectivity index (χ0v) is 15.6. The van der Waals surface area contributed by atoms with Gasteiger partial charge < -0.3 is 0 Å². The second kappa shape index (κ2) is 8.23. The molecule has 0 bridgehead atoms. The minimum atomic E-state index is -0.670. The van der Waals surface area contributed by atoms with E-state index in [1.54, 1.807) is 10.9 Å². The van der Waals surface area contributed by atoms with E-state index in [0.717, 1.165) is 11.3 Å². The Balaban J connectivity index is 1.61. The molecule has 0 saturated heterocycles. The highest BCUT2D eigenvalue weighted by atomic mass is 16.2. The van der Waals surface area contributed by atoms with E-state index in [2.05, 4.69) is 26.1 Å². The van der Waals surface area contributed by atoms with E-state index in [0.29, 0.717) is 5.69 Å². The number of para-hydroxylation sites is 1. The van der Waals surface area contributed by atoms with E-state index in [9.17, 15) is 14.4 Å². The molecule has 4 rings (SSSR count). The first-order chi connectivity index (χ1) is 14.6. The van der Waals surface area contributed by atoms with Crippen molar-refractivity contribution in [3.8, 4) is 16.9 Å². The van der Waals surface area contributed by atoms with Crippen LogP contribution in [0.4, 0.5) is 0 Å². The minimum absolute atomic E-state index is 0.0434. The summed E-state index contributed by atoms with van der Waals surface area (Å²) in [5.41, 5.74) is 6.46. The van der Waals surface area contributed by atoms with E-state index in [1.807, 2.05) is 60.7 Å². The minimum Gasteiger partial charge on any atom is -0.268 e. The Morgan fingerprint density at radius 1 is 0.833 bits per heavy atom. The molecule has 0 unspecified atom stereocenters. The number of hydrazine groups is 1. The maximum Gasteiger partial charge on any atom is 0.290 e. The fraction of sp³-hybridized carbons (Fsp3) is 0. The third-order valence-corrected chi connectivity index (χ3v) is 4.23. The van der Waals surface area contributed by atoms with Gasteiger partial charge in [0.1, 0.15) is 5.69 Å². The number of aromatic nitrogens is 4. The fourth-order valence-corrected chi connectivity index (χ4v) is 2.78. The molecule has 2 heterocycles. The van der Waals surface area contributed by atoms with E-state index in [-0.39, 0.29) is 11.3 Å². The highest BCUT2D eigenvalue weighted by Crippen LogP contribution is 2.23. The molecule has 0 atom stereocenters. The predicted octanol–water partition coefficient (Wildman–Crippen LogP) is 1.70. The number of amides is 2. The lowest BCUT2D eigenvalue weighted by Gasteiger charge is -2.06. The van der Waals surface area contributed by atoms with Crippen molar-refractivity contribution in [3.05, 3.63) is 101 Å². The molecule has 3 N–H and O–H groups in total. The number of H-pyrrole nitrogens is 1. The van der Waals surface area contributed by atoms with Crippen LogP contribution >= 0.6 is 0 Å². The molecule has 2 amide bonds. The Hall–Kier alpha value is -4.53. The lowest BCUT2D eigenvalue weighted by atomic mass is 10.1. The van der Waals surface area contributed by atoms with Gasteiger partial charge in [-0.05, 0) is 18.2 Å². The molecule has 0 aliphatic rings. The summed E-state index contributed by atoms with van der Waals surface area (Å²) in [5, 5.41) is 10.3. The molecule has 148 valence electrons. The predicted molar refractivity (Wildman–Crippen MR) is 109 cm³/mol. The Morgan fingerprint density at radius 2 is 1.50 bits per heavy atom. The number of carbonyl (C=O) groups is 2. The van der Waals surface area contributed by atoms with Crippen LogP contribution in [0.1, 0.15) is 20.8 Å². The standard InChI is InChI=1S/C21H16N6O3/c28-18-12-11-17(22-23-18)21(30)25-24-20(29)16-13-27(15-9-5-2-6-10-15)26-19(16)14-7-3-1-4-8-14/h1-13H,(H,23,28)(H,24,29)(H,25,30). The largest absolute Gasteiger partial charge is 0.290 e. The Labute approximate surface area is 170 Å². The molecule has 4 aromatic rings. The van der Waals surface area contributed by atoms with Gasteiger partial charge in [0.25, 0.3) is 17.4 Å². The van der Waals surface area contributed by atoms with Crippen molar-refractivity contribution in [1.82, 2.24) is 30.8 Å². The smallest absolute Gasteiger partial charge is 0.268 e. The lowest BCUT2D eigenvalue weighted by molar-refractivity contribution is 0.0843. The van der Waals surface area contributed by atoms with Crippen molar-refractivity contribution in [3.63, 3.8) is 0 Å². The molecule has 0 aliphatic carbocycles. The second-order valence-electron chi connectivity index (χ2n) is 6.25. The van der Waals surface area contributed by atoms with Crippen LogP contribution in [0, 0.1) is 0 Å². The molecular weight excluding hydrogens is 384 g/mol. The molecule has 0 fully saturated rings. The van der Waals surface area contributed by atoms with Gasteiger partial charge in [-0.3, -0.25) is 25.2 Å². The summed E-state index contributed by atoms with van der Waals surface area (Å²) in [6.07, 6.45) is 1.59. The zero-order valence-electron chi connectivity index (χ0n) is 15.6. The van der Waals surface area contributed by atoms with Crippen LogP contribution in [-0.2, 0) is 0 Å². The van der Waals surface area contributed by atoms with Crippen LogP contribution in [0.15, 0.2) is 83.8 Å². The topological polar surface area (TPSA) is 122 Å². The van der Waals surface area contributed by atoms with Gasteiger partial charge in [-0.2, -0.15) is 10.2 Å². The third kappa shape index (κ3) is 3.99. The maximum absolute atomic E-state index is 12.8. The maximum atomic E-state index is 12.8.